The minimum atomic E-state index is -1.31. The van der Waals surface area contributed by atoms with Crippen LogP contribution in [0.3, 0.4) is 0 Å². The summed E-state index contributed by atoms with van der Waals surface area (Å²) in [6.07, 6.45) is 0.637. The fourth-order valence-corrected chi connectivity index (χ4v) is 3.33. The molecule has 7 heteroatoms. The van der Waals surface area contributed by atoms with E-state index in [-0.39, 0.29) is 5.92 Å². The molecule has 3 heterocycles. The number of ether oxygens (including phenoxy) is 2. The summed E-state index contributed by atoms with van der Waals surface area (Å²) in [5.74, 6) is -1.62. The van der Waals surface area contributed by atoms with Crippen molar-refractivity contribution in [1.29, 1.82) is 0 Å². The zero-order chi connectivity index (χ0) is 15.4. The van der Waals surface area contributed by atoms with Gasteiger partial charge in [-0.3, -0.25) is 0 Å². The highest BCUT2D eigenvalue weighted by molar-refractivity contribution is 5.28. The maximum Gasteiger partial charge on any atom is 0.167 e. The molecular weight excluding hydrogens is 274 g/mol. The second kappa shape index (κ2) is 4.74. The standard InChI is InChI=1S/C14H23N3O4/c1-5-6-9-11-14(19)8(2)12(21-13(3,4)18)20-10(14)7-17(11)16-15-9/h8,10,12,18-19H,5-7H2,1-4H3/t8-,10+,12+,14-/m0/s1. The van der Waals surface area contributed by atoms with E-state index in [0.29, 0.717) is 6.54 Å². The van der Waals surface area contributed by atoms with Crippen molar-refractivity contribution in [1.82, 2.24) is 15.0 Å². The summed E-state index contributed by atoms with van der Waals surface area (Å²) in [5.41, 5.74) is 0.398. The minimum Gasteiger partial charge on any atom is -0.380 e. The Balaban J connectivity index is 1.93. The van der Waals surface area contributed by atoms with E-state index in [9.17, 15) is 10.2 Å². The van der Waals surface area contributed by atoms with Crippen LogP contribution < -0.4 is 0 Å². The van der Waals surface area contributed by atoms with E-state index in [4.69, 9.17) is 9.47 Å². The van der Waals surface area contributed by atoms with Gasteiger partial charge in [0.25, 0.3) is 0 Å². The molecule has 0 unspecified atom stereocenters. The van der Waals surface area contributed by atoms with Crippen LogP contribution in [-0.4, -0.2) is 43.4 Å². The lowest BCUT2D eigenvalue weighted by Gasteiger charge is -2.29. The van der Waals surface area contributed by atoms with Gasteiger partial charge in [0.05, 0.1) is 17.9 Å². The molecule has 1 aromatic rings. The van der Waals surface area contributed by atoms with Crippen molar-refractivity contribution in [2.24, 2.45) is 5.92 Å². The Bertz CT molecular complexity index is 539. The Morgan fingerprint density at radius 2 is 2.24 bits per heavy atom. The fraction of sp³-hybridized carbons (Fsp3) is 0.857. The van der Waals surface area contributed by atoms with Crippen LogP contribution in [0.4, 0.5) is 0 Å². The molecule has 0 bridgehead atoms. The first-order valence-electron chi connectivity index (χ1n) is 7.48. The van der Waals surface area contributed by atoms with Crippen LogP contribution in [0.5, 0.6) is 0 Å². The van der Waals surface area contributed by atoms with Crippen molar-refractivity contribution >= 4 is 0 Å². The molecule has 4 atom stereocenters. The molecule has 0 saturated carbocycles. The van der Waals surface area contributed by atoms with Gasteiger partial charge in [-0.2, -0.15) is 0 Å². The van der Waals surface area contributed by atoms with Crippen LogP contribution in [0.15, 0.2) is 0 Å². The highest BCUT2D eigenvalue weighted by Gasteiger charge is 2.62. The van der Waals surface area contributed by atoms with E-state index in [1.165, 1.54) is 0 Å². The number of hydrogen-bond donors (Lipinski definition) is 2. The van der Waals surface area contributed by atoms with E-state index in [1.54, 1.807) is 18.5 Å². The second-order valence-corrected chi connectivity index (χ2v) is 6.49. The zero-order valence-electron chi connectivity index (χ0n) is 12.9. The summed E-state index contributed by atoms with van der Waals surface area (Å²) in [7, 11) is 0. The van der Waals surface area contributed by atoms with Crippen molar-refractivity contribution < 1.29 is 19.7 Å². The first-order chi connectivity index (χ1) is 9.77. The molecule has 0 aliphatic carbocycles. The van der Waals surface area contributed by atoms with Gasteiger partial charge in [-0.25, -0.2) is 4.68 Å². The lowest BCUT2D eigenvalue weighted by molar-refractivity contribution is -0.278. The maximum atomic E-state index is 11.2. The molecule has 0 radical (unpaired) electrons. The molecule has 21 heavy (non-hydrogen) atoms. The smallest absolute Gasteiger partial charge is 0.167 e. The van der Waals surface area contributed by atoms with Gasteiger partial charge in [0.15, 0.2) is 12.1 Å². The van der Waals surface area contributed by atoms with Crippen LogP contribution >= 0.6 is 0 Å². The Morgan fingerprint density at radius 1 is 1.52 bits per heavy atom. The molecule has 1 fully saturated rings. The lowest BCUT2D eigenvalue weighted by Crippen LogP contribution is -2.40. The first kappa shape index (κ1) is 14.9. The predicted octanol–water partition coefficient (Wildman–Crippen LogP) is 0.538. The molecule has 2 N–H and O–H groups in total. The fourth-order valence-electron chi connectivity index (χ4n) is 3.33. The van der Waals surface area contributed by atoms with Crippen molar-refractivity contribution in [2.75, 3.05) is 0 Å². The zero-order valence-corrected chi connectivity index (χ0v) is 12.9. The topological polar surface area (TPSA) is 89.6 Å². The molecule has 0 amide bonds. The monoisotopic (exact) mass is 297 g/mol. The minimum absolute atomic E-state index is 0.315. The van der Waals surface area contributed by atoms with Crippen LogP contribution in [0.2, 0.25) is 0 Å². The molecule has 0 aromatic carbocycles. The van der Waals surface area contributed by atoms with Gasteiger partial charge in [0.2, 0.25) is 0 Å². The first-order valence-corrected chi connectivity index (χ1v) is 7.48. The number of nitrogens with zero attached hydrogens (tertiary/aromatic N) is 3. The quantitative estimate of drug-likeness (QED) is 0.788. The third kappa shape index (κ3) is 2.19. The number of rotatable bonds is 4. The van der Waals surface area contributed by atoms with Gasteiger partial charge in [-0.05, 0) is 20.3 Å². The maximum absolute atomic E-state index is 11.2. The molecular formula is C14H23N3O4. The highest BCUT2D eigenvalue weighted by atomic mass is 16.7. The summed E-state index contributed by atoms with van der Waals surface area (Å²) in [6.45, 7) is 7.50. The predicted molar refractivity (Wildman–Crippen MR) is 73.1 cm³/mol. The van der Waals surface area contributed by atoms with Gasteiger partial charge in [-0.1, -0.05) is 25.5 Å². The average molecular weight is 297 g/mol. The lowest BCUT2D eigenvalue weighted by atomic mass is 9.84. The van der Waals surface area contributed by atoms with E-state index in [0.717, 1.165) is 24.2 Å². The van der Waals surface area contributed by atoms with E-state index < -0.39 is 23.8 Å². The van der Waals surface area contributed by atoms with Gasteiger partial charge >= 0.3 is 0 Å². The molecule has 0 spiro atoms. The van der Waals surface area contributed by atoms with Gasteiger partial charge < -0.3 is 19.7 Å². The van der Waals surface area contributed by atoms with E-state index in [2.05, 4.69) is 17.2 Å². The largest absolute Gasteiger partial charge is 0.380 e. The normalized spacial score (nSPS) is 35.0. The second-order valence-electron chi connectivity index (χ2n) is 6.49. The summed E-state index contributed by atoms with van der Waals surface area (Å²) >= 11 is 0. The molecule has 3 rings (SSSR count). The summed E-state index contributed by atoms with van der Waals surface area (Å²) in [6, 6.07) is 0. The van der Waals surface area contributed by atoms with Gasteiger partial charge in [-0.15, -0.1) is 5.10 Å². The molecule has 7 nitrogen and oxygen atoms in total. The van der Waals surface area contributed by atoms with E-state index in [1.807, 2.05) is 6.92 Å². The van der Waals surface area contributed by atoms with Crippen molar-refractivity contribution in [3.05, 3.63) is 11.4 Å². The Labute approximate surface area is 123 Å². The Morgan fingerprint density at radius 3 is 2.86 bits per heavy atom. The van der Waals surface area contributed by atoms with Crippen LogP contribution in [0.1, 0.15) is 45.5 Å². The molecule has 1 saturated heterocycles. The molecule has 1 aromatic heterocycles. The van der Waals surface area contributed by atoms with E-state index >= 15 is 0 Å². The van der Waals surface area contributed by atoms with Gasteiger partial charge in [0.1, 0.15) is 11.7 Å². The number of hydrogen-bond acceptors (Lipinski definition) is 6. The van der Waals surface area contributed by atoms with Crippen molar-refractivity contribution in [2.45, 2.75) is 70.9 Å². The number of fused-ring (bicyclic) bond motifs is 3. The third-order valence-electron chi connectivity index (χ3n) is 4.31. The van der Waals surface area contributed by atoms with Crippen LogP contribution in [-0.2, 0) is 28.0 Å². The van der Waals surface area contributed by atoms with Crippen molar-refractivity contribution in [3.8, 4) is 0 Å². The summed E-state index contributed by atoms with van der Waals surface area (Å²) in [4.78, 5) is 0. The molecule has 118 valence electrons. The van der Waals surface area contributed by atoms with Gasteiger partial charge in [0, 0.05) is 5.92 Å². The molecule has 2 aliphatic rings. The van der Waals surface area contributed by atoms with Crippen LogP contribution in [0, 0.1) is 5.92 Å². The Hall–Kier alpha value is -1.02. The molecule has 2 aliphatic heterocycles. The Kier molecular flexibility index (Phi) is 3.36. The van der Waals surface area contributed by atoms with Crippen LogP contribution in [0.25, 0.3) is 0 Å². The highest BCUT2D eigenvalue weighted by Crippen LogP contribution is 2.49. The third-order valence-corrected chi connectivity index (χ3v) is 4.31. The van der Waals surface area contributed by atoms with Crippen molar-refractivity contribution in [3.63, 3.8) is 0 Å². The summed E-state index contributed by atoms with van der Waals surface area (Å²) in [5, 5.41) is 29.3. The summed E-state index contributed by atoms with van der Waals surface area (Å²) < 4.78 is 13.1. The SMILES string of the molecule is CCCc1nnn2c1[C@@]1(O)[C@@H](C2)O[C@H](OC(C)(C)O)[C@@H]1C. The number of aromatic nitrogens is 3. The average Bonchev–Trinajstić information content (AvgIpc) is 2.94. The number of aliphatic hydroxyl groups is 2. The number of aryl methyl sites for hydroxylation is 1.